The number of anilines is 2. The Morgan fingerprint density at radius 1 is 1.26 bits per heavy atom. The molecule has 2 aromatic carbocycles. The first kappa shape index (κ1) is 20.7. The molecular formula is C24H24FN3O3. The lowest BCUT2D eigenvalue weighted by Gasteiger charge is -2.33. The van der Waals surface area contributed by atoms with Gasteiger partial charge in [-0.15, -0.1) is 0 Å². The number of benzene rings is 2. The van der Waals surface area contributed by atoms with Gasteiger partial charge in [-0.05, 0) is 42.3 Å². The summed E-state index contributed by atoms with van der Waals surface area (Å²) in [5.74, 6) is 0.821. The molecule has 6 nitrogen and oxygen atoms in total. The van der Waals surface area contributed by atoms with E-state index in [9.17, 15) is 9.18 Å². The molecule has 3 aromatic rings. The minimum absolute atomic E-state index is 0.0661. The molecule has 1 N–H and O–H groups in total. The van der Waals surface area contributed by atoms with Crippen molar-refractivity contribution >= 4 is 17.5 Å². The summed E-state index contributed by atoms with van der Waals surface area (Å²) in [4.78, 5) is 18.4. The summed E-state index contributed by atoms with van der Waals surface area (Å²) in [6.07, 6.45) is 1.71. The lowest BCUT2D eigenvalue weighted by atomic mass is 10.1. The number of aromatic nitrogens is 1. The average Bonchev–Trinajstić information content (AvgIpc) is 2.79. The van der Waals surface area contributed by atoms with Gasteiger partial charge in [0.1, 0.15) is 23.9 Å². The van der Waals surface area contributed by atoms with Crippen LogP contribution in [0.15, 0.2) is 60.8 Å². The van der Waals surface area contributed by atoms with Crippen molar-refractivity contribution in [1.82, 2.24) is 4.98 Å². The van der Waals surface area contributed by atoms with Crippen LogP contribution in [0.2, 0.25) is 0 Å². The van der Waals surface area contributed by atoms with Crippen LogP contribution in [-0.4, -0.2) is 31.2 Å². The van der Waals surface area contributed by atoms with Crippen LogP contribution in [0.25, 0.3) is 0 Å². The van der Waals surface area contributed by atoms with Crippen LogP contribution < -0.4 is 15.0 Å². The molecule has 0 saturated heterocycles. The van der Waals surface area contributed by atoms with Gasteiger partial charge in [0.2, 0.25) is 0 Å². The molecular weight excluding hydrogens is 397 g/mol. The van der Waals surface area contributed by atoms with E-state index in [4.69, 9.17) is 9.47 Å². The first-order valence-corrected chi connectivity index (χ1v) is 10.1. The van der Waals surface area contributed by atoms with Crippen LogP contribution in [0.5, 0.6) is 5.75 Å². The van der Waals surface area contributed by atoms with Crippen molar-refractivity contribution in [2.75, 3.05) is 30.5 Å². The maximum Gasteiger partial charge on any atom is 0.337 e. The fraction of sp³-hybridized carbons (Fsp3) is 0.250. The van der Waals surface area contributed by atoms with Crippen LogP contribution in [0.3, 0.4) is 0 Å². The summed E-state index contributed by atoms with van der Waals surface area (Å²) in [6.45, 7) is 3.80. The van der Waals surface area contributed by atoms with E-state index in [-0.39, 0.29) is 17.8 Å². The molecule has 1 atom stereocenters. The molecule has 0 bridgehead atoms. The first-order valence-electron chi connectivity index (χ1n) is 10.1. The minimum atomic E-state index is -0.365. The zero-order valence-electron chi connectivity index (χ0n) is 17.5. The van der Waals surface area contributed by atoms with Crippen LogP contribution in [0, 0.1) is 5.82 Å². The SMILES string of the molecule is COC(=O)c1ccc(C(C)Nc2nccc3c2N(Cc2cccc(F)c2)CCO3)cc1. The number of carbonyl (C=O) groups excluding carboxylic acids is 1. The van der Waals surface area contributed by atoms with Gasteiger partial charge >= 0.3 is 5.97 Å². The zero-order chi connectivity index (χ0) is 21.8. The summed E-state index contributed by atoms with van der Waals surface area (Å²) in [5.41, 5.74) is 3.24. The molecule has 0 aliphatic carbocycles. The Morgan fingerprint density at radius 2 is 2.06 bits per heavy atom. The molecule has 0 spiro atoms. The van der Waals surface area contributed by atoms with Crippen LogP contribution in [-0.2, 0) is 11.3 Å². The van der Waals surface area contributed by atoms with Crippen LogP contribution in [0.4, 0.5) is 15.9 Å². The molecule has 2 heterocycles. The second-order valence-electron chi connectivity index (χ2n) is 7.39. The van der Waals surface area contributed by atoms with E-state index in [1.165, 1.54) is 13.2 Å². The van der Waals surface area contributed by atoms with Gasteiger partial charge in [-0.3, -0.25) is 0 Å². The number of hydrogen-bond acceptors (Lipinski definition) is 6. The minimum Gasteiger partial charge on any atom is -0.489 e. The van der Waals surface area contributed by atoms with Gasteiger partial charge in [0.25, 0.3) is 0 Å². The maximum atomic E-state index is 13.7. The van der Waals surface area contributed by atoms with Gasteiger partial charge in [0.15, 0.2) is 5.82 Å². The molecule has 0 fully saturated rings. The van der Waals surface area contributed by atoms with Gasteiger partial charge in [-0.2, -0.15) is 0 Å². The highest BCUT2D eigenvalue weighted by Crippen LogP contribution is 2.39. The fourth-order valence-corrected chi connectivity index (χ4v) is 3.67. The highest BCUT2D eigenvalue weighted by Gasteiger charge is 2.24. The lowest BCUT2D eigenvalue weighted by Crippen LogP contribution is -2.33. The number of pyridine rings is 1. The molecule has 1 aliphatic heterocycles. The van der Waals surface area contributed by atoms with E-state index in [0.29, 0.717) is 31.1 Å². The molecule has 1 aromatic heterocycles. The van der Waals surface area contributed by atoms with Gasteiger partial charge in [-0.25, -0.2) is 14.2 Å². The average molecular weight is 421 g/mol. The largest absolute Gasteiger partial charge is 0.489 e. The van der Waals surface area contributed by atoms with Crippen molar-refractivity contribution in [2.45, 2.75) is 19.5 Å². The molecule has 0 radical (unpaired) electrons. The number of rotatable bonds is 6. The van der Waals surface area contributed by atoms with E-state index in [0.717, 1.165) is 22.6 Å². The highest BCUT2D eigenvalue weighted by atomic mass is 19.1. The Hall–Kier alpha value is -3.61. The fourth-order valence-electron chi connectivity index (χ4n) is 3.67. The normalized spacial score (nSPS) is 13.7. The van der Waals surface area contributed by atoms with Gasteiger partial charge in [0.05, 0.1) is 25.3 Å². The predicted octanol–water partition coefficient (Wildman–Crippen LogP) is 4.58. The molecule has 7 heteroatoms. The monoisotopic (exact) mass is 421 g/mol. The van der Waals surface area contributed by atoms with Crippen molar-refractivity contribution in [2.24, 2.45) is 0 Å². The second-order valence-corrected chi connectivity index (χ2v) is 7.39. The predicted molar refractivity (Wildman–Crippen MR) is 117 cm³/mol. The Morgan fingerprint density at radius 3 is 2.81 bits per heavy atom. The van der Waals surface area contributed by atoms with Crippen molar-refractivity contribution in [1.29, 1.82) is 0 Å². The quantitative estimate of drug-likeness (QED) is 0.588. The molecule has 31 heavy (non-hydrogen) atoms. The molecule has 0 amide bonds. The van der Waals surface area contributed by atoms with E-state index >= 15 is 0 Å². The number of halogens is 1. The number of hydrogen-bond donors (Lipinski definition) is 1. The van der Waals surface area contributed by atoms with Gasteiger partial charge in [-0.1, -0.05) is 24.3 Å². The van der Waals surface area contributed by atoms with E-state index < -0.39 is 0 Å². The lowest BCUT2D eigenvalue weighted by molar-refractivity contribution is 0.0600. The van der Waals surface area contributed by atoms with Crippen LogP contribution >= 0.6 is 0 Å². The summed E-state index contributed by atoms with van der Waals surface area (Å²) < 4.78 is 24.3. The Balaban J connectivity index is 1.57. The Kier molecular flexibility index (Phi) is 6.02. The summed E-state index contributed by atoms with van der Waals surface area (Å²) in [7, 11) is 1.36. The number of carbonyl (C=O) groups is 1. The van der Waals surface area contributed by atoms with Gasteiger partial charge in [0, 0.05) is 18.8 Å². The van der Waals surface area contributed by atoms with Crippen molar-refractivity contribution in [3.8, 4) is 5.75 Å². The summed E-state index contributed by atoms with van der Waals surface area (Å²) in [5, 5.41) is 3.45. The van der Waals surface area contributed by atoms with E-state index in [1.807, 2.05) is 31.2 Å². The smallest absolute Gasteiger partial charge is 0.337 e. The molecule has 1 unspecified atom stereocenters. The van der Waals surface area contributed by atoms with E-state index in [1.54, 1.807) is 30.5 Å². The number of methoxy groups -OCH3 is 1. The summed E-state index contributed by atoms with van der Waals surface area (Å²) in [6, 6.07) is 15.7. The maximum absolute atomic E-state index is 13.7. The first-order chi connectivity index (χ1) is 15.0. The zero-order valence-corrected chi connectivity index (χ0v) is 17.5. The van der Waals surface area contributed by atoms with Gasteiger partial charge < -0.3 is 19.7 Å². The van der Waals surface area contributed by atoms with Crippen molar-refractivity contribution in [3.05, 3.63) is 83.3 Å². The summed E-state index contributed by atoms with van der Waals surface area (Å²) >= 11 is 0. The molecule has 0 saturated carbocycles. The number of esters is 1. The van der Waals surface area contributed by atoms with Crippen LogP contribution in [0.1, 0.15) is 34.5 Å². The highest BCUT2D eigenvalue weighted by molar-refractivity contribution is 5.89. The molecule has 160 valence electrons. The molecule has 4 rings (SSSR count). The third kappa shape index (κ3) is 4.60. The standard InChI is InChI=1S/C24H24FN3O3/c1-16(18-6-8-19(9-7-18)24(29)30-2)27-23-22-21(10-11-26-23)31-13-12-28(22)15-17-4-3-5-20(25)14-17/h3-11,14,16H,12-13,15H2,1-2H3,(H,26,27). The van der Waals surface area contributed by atoms with Crippen molar-refractivity contribution in [3.63, 3.8) is 0 Å². The Bertz CT molecular complexity index is 1070. The molecule has 1 aliphatic rings. The second kappa shape index (κ2) is 9.04. The Labute approximate surface area is 180 Å². The topological polar surface area (TPSA) is 63.7 Å². The number of ether oxygens (including phenoxy) is 2. The number of nitrogens with one attached hydrogen (secondary N) is 1. The third-order valence-electron chi connectivity index (χ3n) is 5.27. The third-order valence-corrected chi connectivity index (χ3v) is 5.27. The number of fused-ring (bicyclic) bond motifs is 1. The van der Waals surface area contributed by atoms with Crippen molar-refractivity contribution < 1.29 is 18.7 Å². The number of nitrogens with zero attached hydrogens (tertiary/aromatic N) is 2. The van der Waals surface area contributed by atoms with E-state index in [2.05, 4.69) is 15.2 Å².